The molecule has 0 bridgehead atoms. The topological polar surface area (TPSA) is 111 Å². The highest BCUT2D eigenvalue weighted by molar-refractivity contribution is 14.1. The molecule has 150 valence electrons. The molecular formula is C19H24IN5O3. The zero-order valence-corrected chi connectivity index (χ0v) is 18.2. The summed E-state index contributed by atoms with van der Waals surface area (Å²) >= 11 is 2.19. The summed E-state index contributed by atoms with van der Waals surface area (Å²) in [7, 11) is 1.64. The molecule has 1 fully saturated rings. The molecule has 2 heterocycles. The number of aromatic nitrogens is 2. The number of nitrogens with one attached hydrogen (secondary N) is 2. The van der Waals surface area contributed by atoms with Gasteiger partial charge in [-0.2, -0.15) is 4.98 Å². The molecule has 1 amide bonds. The number of nitrogen functional groups attached to an aromatic ring is 1. The van der Waals surface area contributed by atoms with Crippen molar-refractivity contribution in [2.45, 2.75) is 38.6 Å². The third kappa shape index (κ3) is 4.64. The summed E-state index contributed by atoms with van der Waals surface area (Å²) in [5.41, 5.74) is 7.04. The van der Waals surface area contributed by atoms with Crippen LogP contribution in [-0.4, -0.2) is 35.6 Å². The lowest BCUT2D eigenvalue weighted by molar-refractivity contribution is -0.117. The summed E-state index contributed by atoms with van der Waals surface area (Å²) in [6.07, 6.45) is 3.25. The number of carbonyl (C=O) groups is 1. The Bertz CT molecular complexity index is 869. The Morgan fingerprint density at radius 3 is 2.75 bits per heavy atom. The van der Waals surface area contributed by atoms with E-state index < -0.39 is 0 Å². The van der Waals surface area contributed by atoms with Crippen molar-refractivity contribution in [3.05, 3.63) is 27.5 Å². The van der Waals surface area contributed by atoms with Crippen molar-refractivity contribution in [1.82, 2.24) is 15.3 Å². The van der Waals surface area contributed by atoms with E-state index in [4.69, 9.17) is 15.2 Å². The Hall–Kier alpha value is -2.14. The molecule has 3 rings (SSSR count). The van der Waals surface area contributed by atoms with Gasteiger partial charge in [0.15, 0.2) is 11.6 Å². The molecule has 4 N–H and O–H groups in total. The van der Waals surface area contributed by atoms with Crippen LogP contribution < -0.4 is 25.8 Å². The fraction of sp³-hybridized carbons (Fsp3) is 0.421. The van der Waals surface area contributed by atoms with Gasteiger partial charge in [-0.1, -0.05) is 13.8 Å². The van der Waals surface area contributed by atoms with E-state index in [-0.39, 0.29) is 29.6 Å². The number of hydrogen-bond donors (Lipinski definition) is 3. The lowest BCUT2D eigenvalue weighted by Crippen LogP contribution is -2.36. The molecule has 0 spiro atoms. The van der Waals surface area contributed by atoms with E-state index in [2.05, 4.69) is 57.0 Å². The van der Waals surface area contributed by atoms with Crippen LogP contribution >= 0.6 is 22.6 Å². The molecule has 1 aliphatic rings. The maximum absolute atomic E-state index is 12.2. The van der Waals surface area contributed by atoms with E-state index >= 15 is 0 Å². The lowest BCUT2D eigenvalue weighted by atomic mass is 10.0. The normalized spacial score (nSPS) is 16.2. The minimum Gasteiger partial charge on any atom is -0.496 e. The summed E-state index contributed by atoms with van der Waals surface area (Å²) in [4.78, 5) is 20.5. The molecule has 1 aromatic heterocycles. The molecule has 2 aromatic rings. The van der Waals surface area contributed by atoms with Crippen molar-refractivity contribution < 1.29 is 14.3 Å². The second-order valence-corrected chi connectivity index (χ2v) is 8.02. The molecule has 1 aromatic carbocycles. The van der Waals surface area contributed by atoms with Crippen molar-refractivity contribution in [2.24, 2.45) is 0 Å². The minimum absolute atomic E-state index is 0.155. The van der Waals surface area contributed by atoms with E-state index in [1.54, 1.807) is 7.11 Å². The van der Waals surface area contributed by atoms with Crippen molar-refractivity contribution >= 4 is 40.3 Å². The van der Waals surface area contributed by atoms with Crippen molar-refractivity contribution in [3.8, 4) is 17.2 Å². The Morgan fingerprint density at radius 2 is 2.14 bits per heavy atom. The predicted molar refractivity (Wildman–Crippen MR) is 116 cm³/mol. The van der Waals surface area contributed by atoms with Crippen LogP contribution in [0.4, 0.5) is 11.8 Å². The third-order valence-electron chi connectivity index (χ3n) is 4.52. The molecule has 1 aliphatic heterocycles. The van der Waals surface area contributed by atoms with Crippen LogP contribution in [0.5, 0.6) is 17.2 Å². The zero-order valence-electron chi connectivity index (χ0n) is 16.1. The first kappa shape index (κ1) is 20.6. The van der Waals surface area contributed by atoms with Crippen LogP contribution in [0.1, 0.15) is 38.2 Å². The maximum atomic E-state index is 12.2. The summed E-state index contributed by atoms with van der Waals surface area (Å²) in [6, 6.07) is 3.65. The Balaban J connectivity index is 1.79. The molecular weight excluding hydrogens is 473 g/mol. The molecule has 0 unspecified atom stereocenters. The van der Waals surface area contributed by atoms with Crippen LogP contribution in [0.15, 0.2) is 18.3 Å². The van der Waals surface area contributed by atoms with Gasteiger partial charge in [-0.3, -0.25) is 10.1 Å². The highest BCUT2D eigenvalue weighted by Gasteiger charge is 2.23. The predicted octanol–water partition coefficient (Wildman–Crippen LogP) is 3.28. The van der Waals surface area contributed by atoms with Gasteiger partial charge in [0.1, 0.15) is 11.5 Å². The van der Waals surface area contributed by atoms with Gasteiger partial charge in [0.25, 0.3) is 0 Å². The smallest absolute Gasteiger partial charge is 0.243 e. The molecule has 1 atom stereocenters. The van der Waals surface area contributed by atoms with Gasteiger partial charge >= 0.3 is 0 Å². The molecule has 28 heavy (non-hydrogen) atoms. The van der Waals surface area contributed by atoms with E-state index in [1.807, 2.05) is 12.1 Å². The molecule has 9 heteroatoms. The number of carbonyl (C=O) groups excluding carboxylic acids is 1. The Kier molecular flexibility index (Phi) is 6.55. The van der Waals surface area contributed by atoms with Gasteiger partial charge in [0.2, 0.25) is 11.9 Å². The first-order valence-electron chi connectivity index (χ1n) is 9.11. The number of amides is 1. The second-order valence-electron chi connectivity index (χ2n) is 6.86. The van der Waals surface area contributed by atoms with E-state index in [1.165, 1.54) is 6.20 Å². The van der Waals surface area contributed by atoms with Gasteiger partial charge in [-0.05, 0) is 60.0 Å². The minimum atomic E-state index is -0.212. The highest BCUT2D eigenvalue weighted by Crippen LogP contribution is 2.37. The number of halogens is 1. The largest absolute Gasteiger partial charge is 0.496 e. The maximum Gasteiger partial charge on any atom is 0.243 e. The van der Waals surface area contributed by atoms with Crippen molar-refractivity contribution in [1.29, 1.82) is 0 Å². The van der Waals surface area contributed by atoms with Gasteiger partial charge in [-0.25, -0.2) is 4.98 Å². The van der Waals surface area contributed by atoms with Crippen LogP contribution in [0.25, 0.3) is 0 Å². The van der Waals surface area contributed by atoms with Gasteiger partial charge in [0, 0.05) is 5.56 Å². The first-order chi connectivity index (χ1) is 13.4. The van der Waals surface area contributed by atoms with Crippen molar-refractivity contribution in [3.63, 3.8) is 0 Å². The van der Waals surface area contributed by atoms with E-state index in [0.717, 1.165) is 34.3 Å². The summed E-state index contributed by atoms with van der Waals surface area (Å²) in [6.45, 7) is 4.99. The average Bonchev–Trinajstić information content (AvgIpc) is 3.18. The lowest BCUT2D eigenvalue weighted by Gasteiger charge is -2.17. The number of hydrogen-bond acceptors (Lipinski definition) is 7. The SMILES string of the molecule is COc1cc(C(C)C)c(Oc2cnc(NC(=O)[C@@H]3CCCN3)nc2N)cc1I. The standard InChI is InChI=1S/C19H24IN5O3/c1-10(2)11-7-15(27-3)12(20)8-14(11)28-16-9-23-19(24-17(16)21)25-18(26)13-5-4-6-22-13/h7-10,13,22H,4-6H2,1-3H3,(H3,21,23,24,25,26)/t13-/m0/s1. The van der Waals surface area contributed by atoms with Gasteiger partial charge < -0.3 is 20.5 Å². The van der Waals surface area contributed by atoms with Crippen LogP contribution in [0.3, 0.4) is 0 Å². The van der Waals surface area contributed by atoms with Gasteiger partial charge in [0.05, 0.1) is 22.9 Å². The average molecular weight is 497 g/mol. The fourth-order valence-electron chi connectivity index (χ4n) is 2.99. The Morgan fingerprint density at radius 1 is 1.36 bits per heavy atom. The molecule has 0 aliphatic carbocycles. The quantitative estimate of drug-likeness (QED) is 0.526. The number of methoxy groups -OCH3 is 1. The number of nitrogens with zero attached hydrogens (tertiary/aromatic N) is 2. The number of rotatable bonds is 6. The first-order valence-corrected chi connectivity index (χ1v) is 10.2. The summed E-state index contributed by atoms with van der Waals surface area (Å²) < 4.78 is 12.3. The number of benzene rings is 1. The molecule has 0 radical (unpaired) electrons. The molecule has 8 nitrogen and oxygen atoms in total. The second kappa shape index (κ2) is 8.91. The van der Waals surface area contributed by atoms with Crippen LogP contribution in [0.2, 0.25) is 0 Å². The third-order valence-corrected chi connectivity index (χ3v) is 5.36. The number of anilines is 2. The van der Waals surface area contributed by atoms with Gasteiger partial charge in [-0.15, -0.1) is 0 Å². The van der Waals surface area contributed by atoms with E-state index in [9.17, 15) is 4.79 Å². The highest BCUT2D eigenvalue weighted by atomic mass is 127. The number of nitrogens with two attached hydrogens (primary N) is 1. The van der Waals surface area contributed by atoms with E-state index in [0.29, 0.717) is 11.5 Å². The van der Waals surface area contributed by atoms with Crippen LogP contribution in [-0.2, 0) is 4.79 Å². The Labute approximate surface area is 177 Å². The van der Waals surface area contributed by atoms with Crippen molar-refractivity contribution in [2.75, 3.05) is 24.7 Å². The summed E-state index contributed by atoms with van der Waals surface area (Å²) in [5, 5.41) is 5.82. The monoisotopic (exact) mass is 497 g/mol. The van der Waals surface area contributed by atoms with Crippen LogP contribution in [0, 0.1) is 3.57 Å². The zero-order chi connectivity index (χ0) is 20.3. The fourth-order valence-corrected chi connectivity index (χ4v) is 3.65. The number of ether oxygens (including phenoxy) is 2. The summed E-state index contributed by atoms with van der Waals surface area (Å²) in [5.74, 6) is 2.18. The molecule has 0 saturated carbocycles. The molecule has 1 saturated heterocycles.